The largest absolute Gasteiger partial charge is 0.507 e. The fourth-order valence-electron chi connectivity index (χ4n) is 5.39. The number of aromatic hydroxyl groups is 1. The number of para-hydroxylation sites is 1. The van der Waals surface area contributed by atoms with Crippen molar-refractivity contribution in [1.82, 2.24) is 20.5 Å². The van der Waals surface area contributed by atoms with E-state index in [0.29, 0.717) is 13.2 Å². The van der Waals surface area contributed by atoms with Gasteiger partial charge in [0.05, 0.1) is 42.9 Å². The second-order valence-corrected chi connectivity index (χ2v) is 10.8. The number of aromatic nitrogens is 1. The van der Waals surface area contributed by atoms with Crippen LogP contribution in [0.15, 0.2) is 48.8 Å². The molecule has 214 valence electrons. The number of nitrogens with one attached hydrogen (secondary N) is 2. The van der Waals surface area contributed by atoms with Gasteiger partial charge in [-0.05, 0) is 36.1 Å². The van der Waals surface area contributed by atoms with Gasteiger partial charge in [-0.3, -0.25) is 24.2 Å². The van der Waals surface area contributed by atoms with E-state index < -0.39 is 53.8 Å². The van der Waals surface area contributed by atoms with Crippen molar-refractivity contribution < 1.29 is 34.1 Å². The number of benzene rings is 1. The molecule has 2 fully saturated rings. The summed E-state index contributed by atoms with van der Waals surface area (Å²) in [6, 6.07) is 6.61. The van der Waals surface area contributed by atoms with E-state index in [4.69, 9.17) is 4.74 Å². The molecule has 11 heteroatoms. The number of Topliss-reactive ketones (excluding diaryl/α,β-unsaturated/α-hetero) is 1. The second kappa shape index (κ2) is 12.6. The minimum absolute atomic E-state index is 0.0182. The Morgan fingerprint density at radius 1 is 1.15 bits per heavy atom. The Bertz CT molecular complexity index is 1240. The lowest BCUT2D eigenvalue weighted by Crippen LogP contribution is -2.60. The van der Waals surface area contributed by atoms with Crippen LogP contribution in [0.3, 0.4) is 0 Å². The van der Waals surface area contributed by atoms with E-state index in [2.05, 4.69) is 15.6 Å². The Morgan fingerprint density at radius 2 is 1.88 bits per heavy atom. The molecule has 0 aliphatic carbocycles. The molecule has 2 aliphatic rings. The highest BCUT2D eigenvalue weighted by molar-refractivity contribution is 6.00. The average molecular weight is 553 g/mol. The zero-order valence-corrected chi connectivity index (χ0v) is 22.8. The van der Waals surface area contributed by atoms with Gasteiger partial charge >= 0.3 is 0 Å². The summed E-state index contributed by atoms with van der Waals surface area (Å²) in [5, 5.41) is 27.1. The van der Waals surface area contributed by atoms with Gasteiger partial charge in [-0.2, -0.15) is 0 Å². The fourth-order valence-corrected chi connectivity index (χ4v) is 5.39. The van der Waals surface area contributed by atoms with Crippen LogP contribution in [0.2, 0.25) is 0 Å². The van der Waals surface area contributed by atoms with Gasteiger partial charge in [0, 0.05) is 31.8 Å². The van der Waals surface area contributed by atoms with Crippen molar-refractivity contribution in [3.8, 4) is 5.75 Å². The summed E-state index contributed by atoms with van der Waals surface area (Å²) in [5.74, 6) is -4.07. The van der Waals surface area contributed by atoms with Crippen molar-refractivity contribution in [2.75, 3.05) is 20.3 Å². The lowest BCUT2D eigenvalue weighted by molar-refractivity contribution is -0.154. The van der Waals surface area contributed by atoms with Crippen molar-refractivity contribution in [3.63, 3.8) is 0 Å². The number of amides is 3. The van der Waals surface area contributed by atoms with E-state index >= 15 is 0 Å². The molecule has 2 saturated heterocycles. The fraction of sp³-hybridized carbons (Fsp3) is 0.483. The Labute approximate surface area is 232 Å². The summed E-state index contributed by atoms with van der Waals surface area (Å²) in [5.41, 5.74) is 0.713. The first-order valence-corrected chi connectivity index (χ1v) is 13.4. The Hall–Kier alpha value is -3.83. The first-order valence-electron chi connectivity index (χ1n) is 13.4. The van der Waals surface area contributed by atoms with Gasteiger partial charge in [0.1, 0.15) is 11.8 Å². The molecule has 0 bridgehead atoms. The standard InChI is InChI=1S/C29H36N4O7/c1-16-11-23(35)25(19-14-40-15-19)33(3)29(39)17(2)26(36)21(12-18-7-6-10-30-13-18)31-28(38)24(16)32-27(37)20-8-4-5-9-22(20)34/h4-10,13,16-17,19,21,24-26,34,36H,11-12,14-15H2,1-3H3,(H,31,38)(H,32,37)/t16-,17+,21-,24-,25?,26-/m0/s1. The highest BCUT2D eigenvalue weighted by Crippen LogP contribution is 2.27. The van der Waals surface area contributed by atoms with E-state index in [1.807, 2.05) is 0 Å². The maximum Gasteiger partial charge on any atom is 0.255 e. The molecular weight excluding hydrogens is 516 g/mol. The number of phenolic OH excluding ortho intramolecular Hbond substituents is 1. The van der Waals surface area contributed by atoms with Crippen molar-refractivity contribution in [2.24, 2.45) is 17.8 Å². The zero-order chi connectivity index (χ0) is 29.0. The molecule has 11 nitrogen and oxygen atoms in total. The van der Waals surface area contributed by atoms with Crippen LogP contribution in [-0.2, 0) is 25.5 Å². The topological polar surface area (TPSA) is 158 Å². The molecule has 6 atom stereocenters. The van der Waals surface area contributed by atoms with Gasteiger partial charge in [0.15, 0.2) is 5.78 Å². The van der Waals surface area contributed by atoms with Crippen molar-refractivity contribution in [1.29, 1.82) is 0 Å². The molecule has 1 aromatic carbocycles. The first kappa shape index (κ1) is 29.2. The maximum absolute atomic E-state index is 13.7. The summed E-state index contributed by atoms with van der Waals surface area (Å²) < 4.78 is 5.31. The normalized spacial score (nSPS) is 28.6. The number of ketones is 1. The van der Waals surface area contributed by atoms with Crippen LogP contribution in [0.4, 0.5) is 0 Å². The molecule has 1 aromatic heterocycles. The van der Waals surface area contributed by atoms with Crippen LogP contribution >= 0.6 is 0 Å². The molecule has 2 aliphatic heterocycles. The van der Waals surface area contributed by atoms with Crippen LogP contribution in [0.25, 0.3) is 0 Å². The molecular formula is C29H36N4O7. The molecule has 0 saturated carbocycles. The quantitative estimate of drug-likeness (QED) is 0.422. The lowest BCUT2D eigenvalue weighted by atomic mass is 9.84. The number of rotatable bonds is 5. The van der Waals surface area contributed by atoms with Gasteiger partial charge in [0.25, 0.3) is 5.91 Å². The summed E-state index contributed by atoms with van der Waals surface area (Å²) in [4.78, 5) is 59.4. The maximum atomic E-state index is 13.7. The van der Waals surface area contributed by atoms with E-state index in [-0.39, 0.29) is 35.9 Å². The lowest BCUT2D eigenvalue weighted by Gasteiger charge is -2.41. The third-order valence-electron chi connectivity index (χ3n) is 7.84. The molecule has 4 N–H and O–H groups in total. The molecule has 3 heterocycles. The molecule has 4 rings (SSSR count). The molecule has 1 unspecified atom stereocenters. The number of ether oxygens (including phenoxy) is 1. The number of nitrogens with zero attached hydrogens (tertiary/aromatic N) is 2. The minimum atomic E-state index is -1.31. The van der Waals surface area contributed by atoms with Gasteiger partial charge < -0.3 is 30.5 Å². The van der Waals surface area contributed by atoms with Crippen LogP contribution in [0.1, 0.15) is 36.2 Å². The monoisotopic (exact) mass is 552 g/mol. The smallest absolute Gasteiger partial charge is 0.255 e. The van der Waals surface area contributed by atoms with Crippen molar-refractivity contribution >= 4 is 23.5 Å². The van der Waals surface area contributed by atoms with E-state index in [1.54, 1.807) is 57.6 Å². The van der Waals surface area contributed by atoms with Crippen LogP contribution in [0, 0.1) is 17.8 Å². The minimum Gasteiger partial charge on any atom is -0.507 e. The van der Waals surface area contributed by atoms with Crippen LogP contribution in [-0.4, -0.2) is 88.1 Å². The Kier molecular flexibility index (Phi) is 9.16. The third-order valence-corrected chi connectivity index (χ3v) is 7.84. The van der Waals surface area contributed by atoms with E-state index in [1.165, 1.54) is 17.0 Å². The summed E-state index contributed by atoms with van der Waals surface area (Å²) >= 11 is 0. The van der Waals surface area contributed by atoms with Crippen LogP contribution < -0.4 is 10.6 Å². The molecule has 3 amide bonds. The van der Waals surface area contributed by atoms with Gasteiger partial charge in [0.2, 0.25) is 11.8 Å². The molecule has 40 heavy (non-hydrogen) atoms. The van der Waals surface area contributed by atoms with Crippen LogP contribution in [0.5, 0.6) is 5.75 Å². The Balaban J connectivity index is 1.70. The number of pyridine rings is 1. The molecule has 0 radical (unpaired) electrons. The van der Waals surface area contributed by atoms with Crippen molar-refractivity contribution in [2.45, 2.75) is 50.9 Å². The molecule has 0 spiro atoms. The first-order chi connectivity index (χ1) is 19.1. The Morgan fingerprint density at radius 3 is 2.50 bits per heavy atom. The predicted octanol–water partition coefficient (Wildman–Crippen LogP) is 0.692. The van der Waals surface area contributed by atoms with Gasteiger partial charge in [-0.1, -0.05) is 32.0 Å². The SMILES string of the molecule is C[C@H]1CC(=O)C(C2COC2)N(C)C(=O)[C@H](C)[C@H](O)[C@H](Cc2cccnc2)NC(=O)[C@H]1NC(=O)c1ccccc1O. The highest BCUT2D eigenvalue weighted by atomic mass is 16.5. The number of phenols is 1. The second-order valence-electron chi connectivity index (χ2n) is 10.8. The number of aliphatic hydroxyl groups excluding tert-OH is 1. The number of carbonyl (C=O) groups is 4. The predicted molar refractivity (Wildman–Crippen MR) is 144 cm³/mol. The highest BCUT2D eigenvalue weighted by Gasteiger charge is 2.44. The number of hydrogen-bond acceptors (Lipinski definition) is 8. The van der Waals surface area contributed by atoms with Gasteiger partial charge in [-0.25, -0.2) is 0 Å². The third kappa shape index (κ3) is 6.31. The van der Waals surface area contributed by atoms with Gasteiger partial charge in [-0.15, -0.1) is 0 Å². The summed E-state index contributed by atoms with van der Waals surface area (Å²) in [6.07, 6.45) is 1.99. The number of aliphatic hydroxyl groups is 1. The van der Waals surface area contributed by atoms with E-state index in [9.17, 15) is 29.4 Å². The average Bonchev–Trinajstić information content (AvgIpc) is 2.91. The zero-order valence-electron chi connectivity index (χ0n) is 22.8. The summed E-state index contributed by atoms with van der Waals surface area (Å²) in [7, 11) is 1.55. The summed E-state index contributed by atoms with van der Waals surface area (Å²) in [6.45, 7) is 3.87. The number of likely N-dealkylation sites (N-methyl/N-ethyl adjacent to an activating group) is 1. The van der Waals surface area contributed by atoms with E-state index in [0.717, 1.165) is 5.56 Å². The number of carbonyl (C=O) groups excluding carboxylic acids is 4. The van der Waals surface area contributed by atoms with Crippen molar-refractivity contribution in [3.05, 3.63) is 59.9 Å². The number of hydrogen-bond donors (Lipinski definition) is 4. The molecule has 2 aromatic rings.